The van der Waals surface area contributed by atoms with Crippen LogP contribution in [0.3, 0.4) is 0 Å². The summed E-state index contributed by atoms with van der Waals surface area (Å²) in [6.07, 6.45) is 1.87. The molecule has 1 aliphatic heterocycles. The molecule has 1 fully saturated rings. The van der Waals surface area contributed by atoms with E-state index in [-0.39, 0.29) is 0 Å². The highest BCUT2D eigenvalue weighted by atomic mass is 16.5. The first-order valence-electron chi connectivity index (χ1n) is 8.82. The molecule has 0 radical (unpaired) electrons. The van der Waals surface area contributed by atoms with E-state index in [2.05, 4.69) is 66.2 Å². The van der Waals surface area contributed by atoms with Gasteiger partial charge in [-0.1, -0.05) is 26.0 Å². The van der Waals surface area contributed by atoms with Crippen LogP contribution in [-0.2, 0) is 4.74 Å². The van der Waals surface area contributed by atoms with Crippen LogP contribution in [0.2, 0.25) is 0 Å². The smallest absolute Gasteiger partial charge is 0.129 e. The van der Waals surface area contributed by atoms with Gasteiger partial charge in [-0.05, 0) is 35.7 Å². The normalized spacial score (nSPS) is 15.1. The van der Waals surface area contributed by atoms with Crippen molar-refractivity contribution in [3.63, 3.8) is 0 Å². The predicted molar refractivity (Wildman–Crippen MR) is 104 cm³/mol. The molecule has 1 heterocycles. The Balaban J connectivity index is 1.77. The lowest BCUT2D eigenvalue weighted by atomic mass is 10.0. The van der Waals surface area contributed by atoms with E-state index in [1.165, 1.54) is 11.3 Å². The Bertz CT molecular complexity index is 717. The first-order chi connectivity index (χ1) is 12.2. The topological polar surface area (TPSA) is 34.1 Å². The van der Waals surface area contributed by atoms with E-state index >= 15 is 0 Å². The summed E-state index contributed by atoms with van der Waals surface area (Å²) < 4.78 is 11.0. The van der Waals surface area contributed by atoms with Gasteiger partial charge in [0.25, 0.3) is 0 Å². The molecule has 0 unspecified atom stereocenters. The molecule has 2 aromatic rings. The summed E-state index contributed by atoms with van der Waals surface area (Å²) >= 11 is 0. The lowest BCUT2D eigenvalue weighted by Gasteiger charge is -2.29. The molecule has 4 nitrogen and oxygen atoms in total. The van der Waals surface area contributed by atoms with Gasteiger partial charge in [0.1, 0.15) is 5.75 Å². The Kier molecular flexibility index (Phi) is 5.71. The largest absolute Gasteiger partial charge is 0.496 e. The van der Waals surface area contributed by atoms with E-state index in [0.29, 0.717) is 5.92 Å². The highest BCUT2D eigenvalue weighted by Crippen LogP contribution is 2.26. The minimum absolute atomic E-state index is 0.533. The number of morpholine rings is 1. The Labute approximate surface area is 150 Å². The maximum atomic E-state index is 5.57. The van der Waals surface area contributed by atoms with Crippen LogP contribution in [0.4, 0.5) is 11.4 Å². The number of rotatable bonds is 5. The second-order valence-corrected chi connectivity index (χ2v) is 6.53. The summed E-state index contributed by atoms with van der Waals surface area (Å²) in [5.74, 6) is 1.37. The van der Waals surface area contributed by atoms with Gasteiger partial charge >= 0.3 is 0 Å². The maximum Gasteiger partial charge on any atom is 0.129 e. The number of nitrogens with zero attached hydrogens (tertiary/aromatic N) is 2. The number of hydrogen-bond acceptors (Lipinski definition) is 4. The first-order valence-corrected chi connectivity index (χ1v) is 8.82. The van der Waals surface area contributed by atoms with Crippen molar-refractivity contribution in [2.75, 3.05) is 38.3 Å². The van der Waals surface area contributed by atoms with E-state index in [0.717, 1.165) is 43.3 Å². The van der Waals surface area contributed by atoms with E-state index in [9.17, 15) is 0 Å². The molecule has 0 bridgehead atoms. The molecule has 0 spiro atoms. The SMILES string of the molecule is COc1cc(N2CCOCC2)ccc1C=Nc1ccc(C(C)C)cc1. The summed E-state index contributed by atoms with van der Waals surface area (Å²) in [6, 6.07) is 14.6. The summed E-state index contributed by atoms with van der Waals surface area (Å²) in [5, 5.41) is 0. The molecule has 0 atom stereocenters. The van der Waals surface area contributed by atoms with E-state index in [4.69, 9.17) is 9.47 Å². The molecule has 0 N–H and O–H groups in total. The van der Waals surface area contributed by atoms with Crippen LogP contribution in [0, 0.1) is 0 Å². The second kappa shape index (κ2) is 8.17. The molecular weight excluding hydrogens is 312 g/mol. The minimum atomic E-state index is 0.533. The highest BCUT2D eigenvalue weighted by Gasteiger charge is 2.13. The molecule has 132 valence electrons. The fourth-order valence-electron chi connectivity index (χ4n) is 2.91. The number of methoxy groups -OCH3 is 1. The third kappa shape index (κ3) is 4.40. The number of benzene rings is 2. The molecule has 1 saturated heterocycles. The first kappa shape index (κ1) is 17.5. The lowest BCUT2D eigenvalue weighted by molar-refractivity contribution is 0.122. The van der Waals surface area contributed by atoms with E-state index in [1.54, 1.807) is 7.11 Å². The van der Waals surface area contributed by atoms with Crippen LogP contribution < -0.4 is 9.64 Å². The fraction of sp³-hybridized carbons (Fsp3) is 0.381. The number of hydrogen-bond donors (Lipinski definition) is 0. The highest BCUT2D eigenvalue weighted by molar-refractivity contribution is 5.86. The molecule has 3 rings (SSSR count). The maximum absolute atomic E-state index is 5.57. The van der Waals surface area contributed by atoms with Gasteiger partial charge < -0.3 is 14.4 Å². The molecule has 0 aliphatic carbocycles. The average molecular weight is 338 g/mol. The summed E-state index contributed by atoms with van der Waals surface area (Å²) in [7, 11) is 1.70. The third-order valence-electron chi connectivity index (χ3n) is 4.51. The van der Waals surface area contributed by atoms with Crippen LogP contribution in [0.25, 0.3) is 0 Å². The number of anilines is 1. The van der Waals surface area contributed by atoms with Gasteiger partial charge in [0, 0.05) is 36.6 Å². The average Bonchev–Trinajstić information content (AvgIpc) is 2.67. The van der Waals surface area contributed by atoms with Crippen molar-refractivity contribution in [2.24, 2.45) is 4.99 Å². The van der Waals surface area contributed by atoms with Gasteiger partial charge in [-0.3, -0.25) is 4.99 Å². The number of aliphatic imine (C=N–C) groups is 1. The van der Waals surface area contributed by atoms with Gasteiger partial charge in [-0.2, -0.15) is 0 Å². The Morgan fingerprint density at radius 1 is 1.08 bits per heavy atom. The monoisotopic (exact) mass is 338 g/mol. The van der Waals surface area contributed by atoms with Crippen LogP contribution in [0.1, 0.15) is 30.9 Å². The Morgan fingerprint density at radius 2 is 1.80 bits per heavy atom. The van der Waals surface area contributed by atoms with Crippen molar-refractivity contribution < 1.29 is 9.47 Å². The molecule has 25 heavy (non-hydrogen) atoms. The summed E-state index contributed by atoms with van der Waals surface area (Å²) in [5.41, 5.74) is 4.42. The van der Waals surface area contributed by atoms with Gasteiger partial charge in [0.15, 0.2) is 0 Å². The van der Waals surface area contributed by atoms with Crippen LogP contribution in [0.5, 0.6) is 5.75 Å². The zero-order chi connectivity index (χ0) is 17.6. The second-order valence-electron chi connectivity index (χ2n) is 6.53. The van der Waals surface area contributed by atoms with Crippen molar-refractivity contribution in [2.45, 2.75) is 19.8 Å². The molecular formula is C21H26N2O2. The van der Waals surface area contributed by atoms with Gasteiger partial charge in [0.05, 0.1) is 26.0 Å². The molecule has 2 aromatic carbocycles. The van der Waals surface area contributed by atoms with Gasteiger partial charge in [0.2, 0.25) is 0 Å². The van der Waals surface area contributed by atoms with E-state index in [1.807, 2.05) is 6.21 Å². The quantitative estimate of drug-likeness (QED) is 0.758. The minimum Gasteiger partial charge on any atom is -0.496 e. The lowest BCUT2D eigenvalue weighted by Crippen LogP contribution is -2.36. The van der Waals surface area contributed by atoms with Crippen molar-refractivity contribution in [3.8, 4) is 5.75 Å². The standard InChI is InChI=1S/C21H26N2O2/c1-16(2)17-4-7-19(8-5-17)22-15-18-6-9-20(14-21(18)24-3)23-10-12-25-13-11-23/h4-9,14-16H,10-13H2,1-3H3. The van der Waals surface area contributed by atoms with Crippen molar-refractivity contribution in [1.29, 1.82) is 0 Å². The van der Waals surface area contributed by atoms with Crippen molar-refractivity contribution in [1.82, 2.24) is 0 Å². The Hall–Kier alpha value is -2.33. The molecule has 0 saturated carbocycles. The third-order valence-corrected chi connectivity index (χ3v) is 4.51. The van der Waals surface area contributed by atoms with E-state index < -0.39 is 0 Å². The van der Waals surface area contributed by atoms with Gasteiger partial charge in [-0.25, -0.2) is 0 Å². The van der Waals surface area contributed by atoms with Gasteiger partial charge in [-0.15, -0.1) is 0 Å². The molecule has 4 heteroatoms. The zero-order valence-corrected chi connectivity index (χ0v) is 15.2. The van der Waals surface area contributed by atoms with Crippen LogP contribution in [-0.4, -0.2) is 39.6 Å². The fourth-order valence-corrected chi connectivity index (χ4v) is 2.91. The summed E-state index contributed by atoms with van der Waals surface area (Å²) in [4.78, 5) is 6.91. The van der Waals surface area contributed by atoms with Crippen molar-refractivity contribution in [3.05, 3.63) is 53.6 Å². The van der Waals surface area contributed by atoms with Crippen LogP contribution >= 0.6 is 0 Å². The van der Waals surface area contributed by atoms with Crippen LogP contribution in [0.15, 0.2) is 47.5 Å². The zero-order valence-electron chi connectivity index (χ0n) is 15.2. The molecule has 1 aliphatic rings. The van der Waals surface area contributed by atoms with Crippen molar-refractivity contribution >= 4 is 17.6 Å². The number of ether oxygens (including phenoxy) is 2. The predicted octanol–water partition coefficient (Wildman–Crippen LogP) is 4.41. The summed E-state index contributed by atoms with van der Waals surface area (Å²) in [6.45, 7) is 7.77. The Morgan fingerprint density at radius 3 is 2.44 bits per heavy atom. The molecule has 0 amide bonds. The molecule has 0 aromatic heterocycles.